The number of alkyl halides is 3. The molecule has 0 saturated carbocycles. The Kier molecular flexibility index (Phi) is 6.92. The Morgan fingerprint density at radius 1 is 1.10 bits per heavy atom. The highest BCUT2D eigenvalue weighted by atomic mass is 19.4. The Bertz CT molecular complexity index is 974. The second-order valence-electron chi connectivity index (χ2n) is 6.85. The number of hydrogen-bond donors (Lipinski definition) is 1. The number of carboxylic acid groups (broad SMARTS) is 1. The number of benzene rings is 2. The van der Waals surface area contributed by atoms with Crippen LogP contribution in [-0.4, -0.2) is 29.3 Å². The summed E-state index contributed by atoms with van der Waals surface area (Å²) in [5.74, 6) is -1.59. The molecule has 0 spiro atoms. The maximum Gasteiger partial charge on any atom is 0.573 e. The van der Waals surface area contributed by atoms with E-state index in [0.29, 0.717) is 22.4 Å². The van der Waals surface area contributed by atoms with Crippen LogP contribution in [0, 0.1) is 13.8 Å². The van der Waals surface area contributed by atoms with Crippen LogP contribution in [0.1, 0.15) is 51.3 Å². The van der Waals surface area contributed by atoms with Gasteiger partial charge < -0.3 is 14.6 Å². The summed E-state index contributed by atoms with van der Waals surface area (Å²) in [5.41, 5.74) is 1.78. The van der Waals surface area contributed by atoms with Gasteiger partial charge in [0.15, 0.2) is 5.78 Å². The lowest BCUT2D eigenvalue weighted by Crippen LogP contribution is -2.17. The van der Waals surface area contributed by atoms with Gasteiger partial charge in [0.25, 0.3) is 0 Å². The molecule has 2 aromatic rings. The Labute approximate surface area is 171 Å². The van der Waals surface area contributed by atoms with Crippen molar-refractivity contribution < 1.29 is 37.3 Å². The van der Waals surface area contributed by atoms with E-state index in [9.17, 15) is 27.9 Å². The summed E-state index contributed by atoms with van der Waals surface area (Å²) in [5, 5.41) is 9.45. The van der Waals surface area contributed by atoms with Crippen LogP contribution in [0.4, 0.5) is 13.2 Å². The first kappa shape index (κ1) is 23.0. The number of carboxylic acids is 1. The van der Waals surface area contributed by atoms with E-state index in [2.05, 4.69) is 4.74 Å². The van der Waals surface area contributed by atoms with Gasteiger partial charge in [-0.25, -0.2) is 4.79 Å². The molecule has 0 aliphatic heterocycles. The van der Waals surface area contributed by atoms with E-state index in [1.165, 1.54) is 24.3 Å². The van der Waals surface area contributed by atoms with Crippen LogP contribution in [0.2, 0.25) is 0 Å². The molecule has 30 heavy (non-hydrogen) atoms. The van der Waals surface area contributed by atoms with E-state index < -0.39 is 23.9 Å². The first-order chi connectivity index (χ1) is 13.9. The minimum absolute atomic E-state index is 0.134. The summed E-state index contributed by atoms with van der Waals surface area (Å²) in [6.45, 7) is 6.87. The molecule has 0 amide bonds. The first-order valence-corrected chi connectivity index (χ1v) is 9.01. The quantitative estimate of drug-likeness (QED) is 0.466. The maximum atomic E-state index is 12.4. The Morgan fingerprint density at radius 2 is 1.70 bits per heavy atom. The number of allylic oxidation sites excluding steroid dienone is 1. The number of ether oxygens (including phenoxy) is 2. The average molecular weight is 422 g/mol. The summed E-state index contributed by atoms with van der Waals surface area (Å²) in [4.78, 5) is 24.0. The smallest absolute Gasteiger partial charge is 0.490 e. The summed E-state index contributed by atoms with van der Waals surface area (Å²) >= 11 is 0. The van der Waals surface area contributed by atoms with Crippen LogP contribution in [0.3, 0.4) is 0 Å². The van der Waals surface area contributed by atoms with E-state index in [0.717, 1.165) is 12.1 Å². The molecule has 0 fully saturated rings. The van der Waals surface area contributed by atoms with Crippen molar-refractivity contribution in [2.24, 2.45) is 0 Å². The van der Waals surface area contributed by atoms with E-state index >= 15 is 0 Å². The predicted molar refractivity (Wildman–Crippen MR) is 105 cm³/mol. The summed E-state index contributed by atoms with van der Waals surface area (Å²) in [6, 6.07) is 6.17. The molecule has 5 nitrogen and oxygen atoms in total. The monoisotopic (exact) mass is 422 g/mol. The van der Waals surface area contributed by atoms with E-state index in [1.807, 2.05) is 0 Å². The molecule has 0 unspecified atom stereocenters. The van der Waals surface area contributed by atoms with Crippen LogP contribution < -0.4 is 9.47 Å². The van der Waals surface area contributed by atoms with Crippen molar-refractivity contribution in [1.29, 1.82) is 0 Å². The van der Waals surface area contributed by atoms with E-state index in [1.54, 1.807) is 33.8 Å². The molecule has 0 atom stereocenters. The number of rotatable bonds is 7. The lowest BCUT2D eigenvalue weighted by atomic mass is 9.97. The van der Waals surface area contributed by atoms with Gasteiger partial charge in [-0.05, 0) is 75.7 Å². The minimum Gasteiger partial charge on any atom is -0.490 e. The summed E-state index contributed by atoms with van der Waals surface area (Å²) in [6.07, 6.45) is -2.29. The molecule has 0 radical (unpaired) electrons. The van der Waals surface area contributed by atoms with Crippen molar-refractivity contribution in [3.05, 3.63) is 64.2 Å². The fourth-order valence-corrected chi connectivity index (χ4v) is 2.92. The lowest BCUT2D eigenvalue weighted by molar-refractivity contribution is -0.274. The topological polar surface area (TPSA) is 72.8 Å². The van der Waals surface area contributed by atoms with Crippen molar-refractivity contribution in [3.8, 4) is 11.5 Å². The van der Waals surface area contributed by atoms with Crippen LogP contribution in [0.15, 0.2) is 36.4 Å². The summed E-state index contributed by atoms with van der Waals surface area (Å²) < 4.78 is 46.2. The highest BCUT2D eigenvalue weighted by Crippen LogP contribution is 2.32. The molecule has 1 N–H and O–H groups in total. The average Bonchev–Trinajstić information content (AvgIpc) is 2.61. The lowest BCUT2D eigenvalue weighted by Gasteiger charge is -2.18. The third kappa shape index (κ3) is 5.85. The third-order valence-corrected chi connectivity index (χ3v) is 4.10. The molecular formula is C22H21F3O5. The van der Waals surface area contributed by atoms with Gasteiger partial charge in [0.1, 0.15) is 11.5 Å². The van der Waals surface area contributed by atoms with Gasteiger partial charge in [0.2, 0.25) is 0 Å². The van der Waals surface area contributed by atoms with E-state index in [4.69, 9.17) is 4.74 Å². The fourth-order valence-electron chi connectivity index (χ4n) is 2.92. The molecule has 0 heterocycles. The highest BCUT2D eigenvalue weighted by molar-refractivity contribution is 6.07. The van der Waals surface area contributed by atoms with Gasteiger partial charge in [-0.15, -0.1) is 13.2 Å². The third-order valence-electron chi connectivity index (χ3n) is 4.10. The Hall–Kier alpha value is -3.29. The molecule has 2 aromatic carbocycles. The molecule has 160 valence electrons. The number of ketones is 1. The molecule has 0 bridgehead atoms. The second kappa shape index (κ2) is 9.02. The number of carbonyl (C=O) groups excluding carboxylic acids is 1. The minimum atomic E-state index is -4.81. The number of halogens is 3. The number of aromatic carboxylic acids is 1. The van der Waals surface area contributed by atoms with Crippen LogP contribution in [0.25, 0.3) is 6.08 Å². The van der Waals surface area contributed by atoms with Crippen molar-refractivity contribution in [3.63, 3.8) is 0 Å². The number of hydrogen-bond acceptors (Lipinski definition) is 4. The largest absolute Gasteiger partial charge is 0.573 e. The zero-order chi connectivity index (χ0) is 22.6. The van der Waals surface area contributed by atoms with Crippen LogP contribution >= 0.6 is 0 Å². The Morgan fingerprint density at radius 3 is 2.20 bits per heavy atom. The van der Waals surface area contributed by atoms with Crippen molar-refractivity contribution >= 4 is 17.8 Å². The highest BCUT2D eigenvalue weighted by Gasteiger charge is 2.31. The molecule has 0 aliphatic rings. The predicted octanol–water partition coefficient (Wildman–Crippen LogP) is 5.58. The standard InChI is InChI=1S/C22H21F3O5/c1-12(2)29-20-14(4)19(21(27)28)13(3)11-16(20)7-10-18(26)15-5-8-17(9-6-15)30-22(23,24)25/h5-12H,1-4H3,(H,27,28)/b10-7+. The number of carbonyl (C=O) groups is 2. The summed E-state index contributed by atoms with van der Waals surface area (Å²) in [7, 11) is 0. The molecule has 0 aliphatic carbocycles. The molecule has 2 rings (SSSR count). The zero-order valence-corrected chi connectivity index (χ0v) is 16.8. The van der Waals surface area contributed by atoms with Gasteiger partial charge in [-0.3, -0.25) is 4.79 Å². The SMILES string of the molecule is Cc1cc(/C=C/C(=O)c2ccc(OC(F)(F)F)cc2)c(OC(C)C)c(C)c1C(=O)O. The van der Waals surface area contributed by atoms with E-state index in [-0.39, 0.29) is 17.2 Å². The Balaban J connectivity index is 2.34. The molecule has 0 aromatic heterocycles. The van der Waals surface area contributed by atoms with Crippen molar-refractivity contribution in [1.82, 2.24) is 0 Å². The molecule has 0 saturated heterocycles. The first-order valence-electron chi connectivity index (χ1n) is 9.01. The van der Waals surface area contributed by atoms with Gasteiger partial charge in [-0.1, -0.05) is 0 Å². The van der Waals surface area contributed by atoms with Crippen LogP contribution in [-0.2, 0) is 0 Å². The normalized spacial score (nSPS) is 11.7. The number of aryl methyl sites for hydroxylation is 1. The maximum absolute atomic E-state index is 12.4. The van der Waals surface area contributed by atoms with Gasteiger partial charge in [-0.2, -0.15) is 0 Å². The van der Waals surface area contributed by atoms with Gasteiger partial charge in [0.05, 0.1) is 11.7 Å². The molecular weight excluding hydrogens is 401 g/mol. The van der Waals surface area contributed by atoms with Crippen LogP contribution in [0.5, 0.6) is 11.5 Å². The van der Waals surface area contributed by atoms with Crippen molar-refractivity contribution in [2.45, 2.75) is 40.2 Å². The fraction of sp³-hybridized carbons (Fsp3) is 0.273. The van der Waals surface area contributed by atoms with Gasteiger partial charge in [0, 0.05) is 16.7 Å². The molecule has 8 heteroatoms. The zero-order valence-electron chi connectivity index (χ0n) is 16.8. The van der Waals surface area contributed by atoms with Gasteiger partial charge >= 0.3 is 12.3 Å². The second-order valence-corrected chi connectivity index (χ2v) is 6.85. The van der Waals surface area contributed by atoms with Crippen molar-refractivity contribution in [2.75, 3.05) is 0 Å².